The topological polar surface area (TPSA) is 100 Å². The second-order valence-electron chi connectivity index (χ2n) is 4.67. The molecule has 9 heteroatoms. The Morgan fingerprint density at radius 3 is 1.86 bits per heavy atom. The van der Waals surface area contributed by atoms with E-state index >= 15 is 0 Å². The Bertz CT molecular complexity index is 503. The molecular formula is C13H17NO7S. The first-order valence-electron chi connectivity index (χ1n) is 6.50. The standard InChI is InChI=1S/C13H17NO7S/c1-6-10(19-7(2)15)11(20-8(3)16)12(21-9(4)17)13(18-6)14-5-22/h6,10-13H,1-4H3/t6-,10-,11+,12+,13+/m0/s1. The zero-order valence-corrected chi connectivity index (χ0v) is 13.4. The summed E-state index contributed by atoms with van der Waals surface area (Å²) in [6.07, 6.45) is -4.77. The Morgan fingerprint density at radius 2 is 1.41 bits per heavy atom. The molecule has 22 heavy (non-hydrogen) atoms. The average molecular weight is 331 g/mol. The highest BCUT2D eigenvalue weighted by atomic mass is 32.1. The lowest BCUT2D eigenvalue weighted by atomic mass is 9.98. The van der Waals surface area contributed by atoms with Crippen LogP contribution in [0.3, 0.4) is 0 Å². The van der Waals surface area contributed by atoms with Crippen LogP contribution in [0.1, 0.15) is 27.7 Å². The van der Waals surface area contributed by atoms with Crippen molar-refractivity contribution in [3.05, 3.63) is 0 Å². The maximum absolute atomic E-state index is 11.3. The van der Waals surface area contributed by atoms with Crippen LogP contribution >= 0.6 is 12.2 Å². The van der Waals surface area contributed by atoms with Gasteiger partial charge in [-0.15, -0.1) is 0 Å². The number of nitrogens with zero attached hydrogens (tertiary/aromatic N) is 1. The number of ether oxygens (including phenoxy) is 4. The van der Waals surface area contributed by atoms with Crippen LogP contribution in [-0.2, 0) is 33.3 Å². The van der Waals surface area contributed by atoms with Gasteiger partial charge >= 0.3 is 17.9 Å². The van der Waals surface area contributed by atoms with Crippen LogP contribution in [0.25, 0.3) is 0 Å². The van der Waals surface area contributed by atoms with Crippen LogP contribution in [0.5, 0.6) is 0 Å². The van der Waals surface area contributed by atoms with Gasteiger partial charge < -0.3 is 18.9 Å². The summed E-state index contributed by atoms with van der Waals surface area (Å²) >= 11 is 4.53. The predicted molar refractivity (Wildman–Crippen MR) is 76.0 cm³/mol. The van der Waals surface area contributed by atoms with Gasteiger partial charge in [-0.1, -0.05) is 0 Å². The molecule has 0 aromatic heterocycles. The number of carbonyl (C=O) groups is 3. The highest BCUT2D eigenvalue weighted by Crippen LogP contribution is 2.29. The minimum atomic E-state index is -1.10. The molecule has 1 heterocycles. The lowest BCUT2D eigenvalue weighted by Crippen LogP contribution is -2.60. The zero-order valence-electron chi connectivity index (χ0n) is 12.6. The van der Waals surface area contributed by atoms with Crippen molar-refractivity contribution in [3.63, 3.8) is 0 Å². The van der Waals surface area contributed by atoms with E-state index in [1.54, 1.807) is 6.92 Å². The maximum Gasteiger partial charge on any atom is 0.303 e. The van der Waals surface area contributed by atoms with Gasteiger partial charge in [0.2, 0.25) is 0 Å². The first-order chi connectivity index (χ1) is 10.3. The van der Waals surface area contributed by atoms with Crippen LogP contribution in [0, 0.1) is 0 Å². The molecule has 0 aromatic rings. The van der Waals surface area contributed by atoms with Crippen molar-refractivity contribution in [2.45, 2.75) is 58.3 Å². The van der Waals surface area contributed by atoms with E-state index in [1.807, 2.05) is 0 Å². The normalized spacial score (nSPS) is 30.6. The summed E-state index contributed by atoms with van der Waals surface area (Å²) in [5.41, 5.74) is 0. The van der Waals surface area contributed by atoms with Crippen LogP contribution < -0.4 is 0 Å². The summed E-state index contributed by atoms with van der Waals surface area (Å²) < 4.78 is 20.9. The van der Waals surface area contributed by atoms with Gasteiger partial charge in [0.1, 0.15) is 0 Å². The molecule has 8 nitrogen and oxygen atoms in total. The SMILES string of the molecule is CC(=O)O[C@@H]1[C@@H](OC(C)=O)[C@H](C)O[C@@H](N=C=S)[C@@H]1OC(C)=O. The number of hydrogen-bond donors (Lipinski definition) is 0. The molecule has 0 amide bonds. The molecule has 122 valence electrons. The number of isothiocyanates is 1. The minimum absolute atomic E-state index is 0.587. The number of hydrogen-bond acceptors (Lipinski definition) is 9. The van der Waals surface area contributed by atoms with Crippen molar-refractivity contribution in [1.82, 2.24) is 0 Å². The van der Waals surface area contributed by atoms with Crippen molar-refractivity contribution in [2.24, 2.45) is 4.99 Å². The second-order valence-corrected chi connectivity index (χ2v) is 4.86. The summed E-state index contributed by atoms with van der Waals surface area (Å²) in [6, 6.07) is 0. The molecule has 0 radical (unpaired) electrons. The van der Waals surface area contributed by atoms with Gasteiger partial charge in [0.05, 0.1) is 11.3 Å². The minimum Gasteiger partial charge on any atom is -0.456 e. The summed E-state index contributed by atoms with van der Waals surface area (Å²) in [5.74, 6) is -1.85. The monoisotopic (exact) mass is 331 g/mol. The summed E-state index contributed by atoms with van der Waals surface area (Å²) in [5, 5.41) is 2.13. The van der Waals surface area contributed by atoms with E-state index in [4.69, 9.17) is 18.9 Å². The van der Waals surface area contributed by atoms with Crippen LogP contribution in [-0.4, -0.2) is 53.7 Å². The number of esters is 3. The number of aliphatic imine (C=N–C) groups is 1. The average Bonchev–Trinajstić information content (AvgIpc) is 2.37. The molecule has 1 aliphatic rings. The predicted octanol–water partition coefficient (Wildman–Crippen LogP) is 0.629. The second kappa shape index (κ2) is 7.98. The third kappa shape index (κ3) is 4.87. The third-order valence-corrected chi connectivity index (χ3v) is 2.94. The summed E-state index contributed by atoms with van der Waals surface area (Å²) in [7, 11) is 0. The molecule has 1 rings (SSSR count). The Morgan fingerprint density at radius 1 is 0.955 bits per heavy atom. The molecule has 0 spiro atoms. The fourth-order valence-electron chi connectivity index (χ4n) is 2.14. The highest BCUT2D eigenvalue weighted by molar-refractivity contribution is 7.78. The van der Waals surface area contributed by atoms with Gasteiger partial charge in [-0.3, -0.25) is 14.4 Å². The van der Waals surface area contributed by atoms with Crippen molar-refractivity contribution >= 4 is 35.3 Å². The third-order valence-electron chi connectivity index (χ3n) is 2.83. The van der Waals surface area contributed by atoms with Crippen LogP contribution in [0.2, 0.25) is 0 Å². The van der Waals surface area contributed by atoms with E-state index < -0.39 is 48.6 Å². The number of thiocarbonyl (C=S) groups is 1. The number of rotatable bonds is 4. The molecule has 1 aliphatic heterocycles. The molecule has 1 fully saturated rings. The van der Waals surface area contributed by atoms with E-state index in [0.29, 0.717) is 0 Å². The van der Waals surface area contributed by atoms with E-state index in [9.17, 15) is 14.4 Å². The Labute approximate surface area is 132 Å². The van der Waals surface area contributed by atoms with E-state index in [2.05, 4.69) is 22.4 Å². The zero-order chi connectivity index (χ0) is 16.9. The van der Waals surface area contributed by atoms with Gasteiger partial charge in [0.15, 0.2) is 24.5 Å². The first kappa shape index (κ1) is 18.2. The quantitative estimate of drug-likeness (QED) is 0.320. The molecule has 1 saturated heterocycles. The van der Waals surface area contributed by atoms with Gasteiger partial charge in [0.25, 0.3) is 0 Å². The lowest BCUT2D eigenvalue weighted by molar-refractivity contribution is -0.241. The van der Waals surface area contributed by atoms with Gasteiger partial charge in [-0.25, -0.2) is 0 Å². The molecular weight excluding hydrogens is 314 g/mol. The van der Waals surface area contributed by atoms with Crippen LogP contribution in [0.15, 0.2) is 4.99 Å². The van der Waals surface area contributed by atoms with E-state index in [0.717, 1.165) is 0 Å². The fourth-order valence-corrected chi connectivity index (χ4v) is 2.25. The summed E-state index contributed by atoms with van der Waals surface area (Å²) in [4.78, 5) is 37.6. The molecule has 0 bridgehead atoms. The Kier molecular flexibility index (Phi) is 6.61. The van der Waals surface area contributed by atoms with Gasteiger partial charge in [-0.05, 0) is 19.1 Å². The fraction of sp³-hybridized carbons (Fsp3) is 0.692. The van der Waals surface area contributed by atoms with E-state index in [-0.39, 0.29) is 0 Å². The lowest BCUT2D eigenvalue weighted by Gasteiger charge is -2.41. The van der Waals surface area contributed by atoms with Crippen molar-refractivity contribution < 1.29 is 33.3 Å². The molecule has 0 N–H and O–H groups in total. The maximum atomic E-state index is 11.3. The molecule has 0 aliphatic carbocycles. The molecule has 0 unspecified atom stereocenters. The largest absolute Gasteiger partial charge is 0.456 e. The Balaban J connectivity index is 3.18. The van der Waals surface area contributed by atoms with Crippen LogP contribution in [0.4, 0.5) is 0 Å². The Hall–Kier alpha value is -1.83. The molecule has 0 saturated carbocycles. The van der Waals surface area contributed by atoms with Crippen molar-refractivity contribution in [2.75, 3.05) is 0 Å². The molecule has 5 atom stereocenters. The number of carbonyl (C=O) groups excluding carboxylic acids is 3. The van der Waals surface area contributed by atoms with E-state index in [1.165, 1.54) is 20.8 Å². The first-order valence-corrected chi connectivity index (χ1v) is 6.91. The molecule has 0 aromatic carbocycles. The van der Waals surface area contributed by atoms with Gasteiger partial charge in [0, 0.05) is 20.8 Å². The highest BCUT2D eigenvalue weighted by Gasteiger charge is 2.50. The van der Waals surface area contributed by atoms with Gasteiger partial charge in [-0.2, -0.15) is 4.99 Å². The smallest absolute Gasteiger partial charge is 0.303 e. The summed E-state index contributed by atoms with van der Waals surface area (Å²) in [6.45, 7) is 5.19. The van der Waals surface area contributed by atoms with Crippen molar-refractivity contribution in [3.8, 4) is 0 Å². The van der Waals surface area contributed by atoms with Crippen molar-refractivity contribution in [1.29, 1.82) is 0 Å².